The molecule has 0 saturated carbocycles. The van der Waals surface area contributed by atoms with Gasteiger partial charge in [-0.25, -0.2) is 0 Å². The predicted molar refractivity (Wildman–Crippen MR) is 83.7 cm³/mol. The molecule has 0 amide bonds. The minimum Gasteiger partial charge on any atom is -0.389 e. The van der Waals surface area contributed by atoms with Gasteiger partial charge >= 0.3 is 0 Å². The third kappa shape index (κ3) is 3.50. The molecular formula is C15H23BrN2O. The molecule has 1 N–H and O–H groups in total. The summed E-state index contributed by atoms with van der Waals surface area (Å²) in [6, 6.07) is 6.88. The van der Waals surface area contributed by atoms with E-state index in [9.17, 15) is 5.11 Å². The first-order chi connectivity index (χ1) is 8.99. The van der Waals surface area contributed by atoms with Crippen LogP contribution in [0.25, 0.3) is 0 Å². The van der Waals surface area contributed by atoms with Gasteiger partial charge in [0.05, 0.1) is 6.10 Å². The lowest BCUT2D eigenvalue weighted by Crippen LogP contribution is -2.37. The van der Waals surface area contributed by atoms with Gasteiger partial charge < -0.3 is 14.9 Å². The summed E-state index contributed by atoms with van der Waals surface area (Å²) in [7, 11) is 4.26. The Morgan fingerprint density at radius 1 is 1.47 bits per heavy atom. The topological polar surface area (TPSA) is 26.7 Å². The monoisotopic (exact) mass is 326 g/mol. The lowest BCUT2D eigenvalue weighted by Gasteiger charge is -2.29. The summed E-state index contributed by atoms with van der Waals surface area (Å²) >= 11 is 3.57. The van der Waals surface area contributed by atoms with E-state index in [0.29, 0.717) is 6.04 Å². The lowest BCUT2D eigenvalue weighted by atomic mass is 10.1. The average molecular weight is 327 g/mol. The van der Waals surface area contributed by atoms with Gasteiger partial charge in [-0.15, -0.1) is 0 Å². The molecule has 1 unspecified atom stereocenters. The van der Waals surface area contributed by atoms with Gasteiger partial charge in [-0.3, -0.25) is 0 Å². The first-order valence-electron chi connectivity index (χ1n) is 6.88. The molecule has 4 heteroatoms. The summed E-state index contributed by atoms with van der Waals surface area (Å²) in [5.74, 6) is 0. The summed E-state index contributed by atoms with van der Waals surface area (Å²) < 4.78 is 0.996. The van der Waals surface area contributed by atoms with Crippen molar-refractivity contribution >= 4 is 21.6 Å². The SMILES string of the molecule is C[C@H](O)c1ccc(N2CCCC2CN(C)C)cc1Br. The maximum atomic E-state index is 9.68. The second kappa shape index (κ2) is 6.25. The minimum atomic E-state index is -0.431. The second-order valence-electron chi connectivity index (χ2n) is 5.63. The number of benzene rings is 1. The fourth-order valence-electron chi connectivity index (χ4n) is 2.82. The lowest BCUT2D eigenvalue weighted by molar-refractivity contribution is 0.198. The molecule has 1 aliphatic rings. The highest BCUT2D eigenvalue weighted by molar-refractivity contribution is 9.10. The van der Waals surface area contributed by atoms with Gasteiger partial charge in [-0.1, -0.05) is 22.0 Å². The van der Waals surface area contributed by atoms with Crippen LogP contribution in [-0.4, -0.2) is 43.2 Å². The third-order valence-corrected chi connectivity index (χ3v) is 4.41. The van der Waals surface area contributed by atoms with Crippen molar-refractivity contribution in [2.75, 3.05) is 32.1 Å². The summed E-state index contributed by atoms with van der Waals surface area (Å²) in [5, 5.41) is 9.68. The zero-order valence-corrected chi connectivity index (χ0v) is 13.5. The maximum Gasteiger partial charge on any atom is 0.0772 e. The molecule has 0 spiro atoms. The van der Waals surface area contributed by atoms with E-state index in [2.05, 4.69) is 52.0 Å². The summed E-state index contributed by atoms with van der Waals surface area (Å²) in [5.41, 5.74) is 2.20. The Hall–Kier alpha value is -0.580. The van der Waals surface area contributed by atoms with Gasteiger partial charge in [-0.2, -0.15) is 0 Å². The molecule has 0 aromatic heterocycles. The molecule has 0 radical (unpaired) electrons. The average Bonchev–Trinajstić information content (AvgIpc) is 2.75. The van der Waals surface area contributed by atoms with Crippen LogP contribution in [0.1, 0.15) is 31.4 Å². The van der Waals surface area contributed by atoms with Crippen LogP contribution < -0.4 is 4.90 Å². The second-order valence-corrected chi connectivity index (χ2v) is 6.49. The highest BCUT2D eigenvalue weighted by atomic mass is 79.9. The smallest absolute Gasteiger partial charge is 0.0772 e. The largest absolute Gasteiger partial charge is 0.389 e. The number of halogens is 1. The number of hydrogen-bond donors (Lipinski definition) is 1. The van der Waals surface area contributed by atoms with E-state index < -0.39 is 6.10 Å². The van der Waals surface area contributed by atoms with Crippen LogP contribution in [-0.2, 0) is 0 Å². The van der Waals surface area contributed by atoms with Gasteiger partial charge in [0.1, 0.15) is 0 Å². The fraction of sp³-hybridized carbons (Fsp3) is 0.600. The van der Waals surface area contributed by atoms with Crippen molar-refractivity contribution in [3.05, 3.63) is 28.2 Å². The van der Waals surface area contributed by atoms with Gasteiger partial charge in [0.2, 0.25) is 0 Å². The Bertz CT molecular complexity index is 434. The van der Waals surface area contributed by atoms with Gasteiger partial charge in [0, 0.05) is 29.3 Å². The highest BCUT2D eigenvalue weighted by Gasteiger charge is 2.25. The molecule has 19 heavy (non-hydrogen) atoms. The molecule has 0 bridgehead atoms. The highest BCUT2D eigenvalue weighted by Crippen LogP contribution is 2.32. The molecule has 2 rings (SSSR count). The van der Waals surface area contributed by atoms with Gasteiger partial charge in [0.25, 0.3) is 0 Å². The van der Waals surface area contributed by atoms with E-state index in [1.807, 2.05) is 6.07 Å². The molecule has 1 heterocycles. The number of likely N-dealkylation sites (N-methyl/N-ethyl adjacent to an activating group) is 1. The maximum absolute atomic E-state index is 9.68. The van der Waals surface area contributed by atoms with Crippen LogP contribution >= 0.6 is 15.9 Å². The Kier molecular flexibility index (Phi) is 4.87. The summed E-state index contributed by atoms with van der Waals surface area (Å²) in [6.45, 7) is 4.01. The van der Waals surface area contributed by atoms with Crippen LogP contribution in [0.4, 0.5) is 5.69 Å². The molecule has 3 nitrogen and oxygen atoms in total. The normalized spacial score (nSPS) is 21.2. The molecule has 106 valence electrons. The van der Waals surface area contributed by atoms with Gasteiger partial charge in [-0.05, 0) is 51.6 Å². The van der Waals surface area contributed by atoms with Crippen molar-refractivity contribution in [1.82, 2.24) is 4.90 Å². The number of anilines is 1. The van der Waals surface area contributed by atoms with Crippen LogP contribution in [0.15, 0.2) is 22.7 Å². The first-order valence-corrected chi connectivity index (χ1v) is 7.67. The predicted octanol–water partition coefficient (Wildman–Crippen LogP) is 3.03. The minimum absolute atomic E-state index is 0.431. The molecule has 1 aliphatic heterocycles. The molecule has 1 aromatic carbocycles. The van der Waals surface area contributed by atoms with E-state index in [1.54, 1.807) is 6.92 Å². The van der Waals surface area contributed by atoms with Crippen molar-refractivity contribution in [3.63, 3.8) is 0 Å². The molecule has 0 aliphatic carbocycles. The van der Waals surface area contributed by atoms with Crippen LogP contribution in [0.5, 0.6) is 0 Å². The van der Waals surface area contributed by atoms with Crippen LogP contribution in [0.3, 0.4) is 0 Å². The Morgan fingerprint density at radius 2 is 2.21 bits per heavy atom. The molecule has 1 saturated heterocycles. The molecular weight excluding hydrogens is 304 g/mol. The Labute approximate surface area is 124 Å². The molecule has 1 fully saturated rings. The Morgan fingerprint density at radius 3 is 2.79 bits per heavy atom. The van der Waals surface area contributed by atoms with E-state index >= 15 is 0 Å². The zero-order valence-electron chi connectivity index (χ0n) is 11.9. The van der Waals surface area contributed by atoms with E-state index in [1.165, 1.54) is 18.5 Å². The van der Waals surface area contributed by atoms with E-state index in [-0.39, 0.29) is 0 Å². The number of aliphatic hydroxyl groups is 1. The van der Waals surface area contributed by atoms with Crippen molar-refractivity contribution in [1.29, 1.82) is 0 Å². The number of rotatable bonds is 4. The zero-order chi connectivity index (χ0) is 14.0. The molecule has 2 atom stereocenters. The van der Waals surface area contributed by atoms with Crippen molar-refractivity contribution < 1.29 is 5.11 Å². The van der Waals surface area contributed by atoms with Gasteiger partial charge in [0.15, 0.2) is 0 Å². The van der Waals surface area contributed by atoms with Crippen LogP contribution in [0.2, 0.25) is 0 Å². The Balaban J connectivity index is 2.19. The van der Waals surface area contributed by atoms with Crippen molar-refractivity contribution in [2.45, 2.75) is 31.9 Å². The first kappa shape index (κ1) is 14.8. The van der Waals surface area contributed by atoms with E-state index in [0.717, 1.165) is 23.1 Å². The van der Waals surface area contributed by atoms with E-state index in [4.69, 9.17) is 0 Å². The standard InChI is InChI=1S/C15H23BrN2O/c1-11(19)14-7-6-12(9-15(14)16)18-8-4-5-13(18)10-17(2)3/h6-7,9,11,13,19H,4-5,8,10H2,1-3H3/t11-,13?/m0/s1. The van der Waals surface area contributed by atoms with Crippen LogP contribution in [0, 0.1) is 0 Å². The van der Waals surface area contributed by atoms with Crippen molar-refractivity contribution in [3.8, 4) is 0 Å². The fourth-order valence-corrected chi connectivity index (χ4v) is 3.52. The number of hydrogen-bond acceptors (Lipinski definition) is 3. The third-order valence-electron chi connectivity index (χ3n) is 3.72. The number of aliphatic hydroxyl groups excluding tert-OH is 1. The number of nitrogens with zero attached hydrogens (tertiary/aromatic N) is 2. The summed E-state index contributed by atoms with van der Waals surface area (Å²) in [4.78, 5) is 4.73. The summed E-state index contributed by atoms with van der Waals surface area (Å²) in [6.07, 6.45) is 2.09. The molecule has 1 aromatic rings. The quantitative estimate of drug-likeness (QED) is 0.921. The van der Waals surface area contributed by atoms with Crippen molar-refractivity contribution in [2.24, 2.45) is 0 Å².